The summed E-state index contributed by atoms with van der Waals surface area (Å²) in [6, 6.07) is 7.58. The molecular weight excluding hydrogens is 510 g/mol. The second-order valence-electron chi connectivity index (χ2n) is 10.9. The number of benzene rings is 1. The molecule has 0 saturated carbocycles. The van der Waals surface area contributed by atoms with Crippen molar-refractivity contribution < 1.29 is 29.4 Å². The first-order chi connectivity index (χ1) is 17.5. The molecule has 1 heterocycles. The van der Waals surface area contributed by atoms with Crippen molar-refractivity contribution in [3.8, 4) is 11.3 Å². The number of hydrogen-bond acceptors (Lipinski definition) is 7. The van der Waals surface area contributed by atoms with Crippen molar-refractivity contribution in [2.45, 2.75) is 78.7 Å². The Kier molecular flexibility index (Phi) is 9.99. The highest BCUT2D eigenvalue weighted by atomic mass is 32.1. The van der Waals surface area contributed by atoms with Crippen LogP contribution in [0.3, 0.4) is 0 Å². The van der Waals surface area contributed by atoms with E-state index in [1.54, 1.807) is 41.5 Å². The topological polar surface area (TPSA) is 152 Å². The van der Waals surface area contributed by atoms with Gasteiger partial charge in [0.1, 0.15) is 5.78 Å². The number of anilines is 1. The maximum Gasteiger partial charge on any atom is 0.410 e. The van der Waals surface area contributed by atoms with E-state index in [1.807, 2.05) is 29.6 Å². The second-order valence-corrected chi connectivity index (χ2v) is 11.7. The van der Waals surface area contributed by atoms with Crippen molar-refractivity contribution in [1.29, 1.82) is 0 Å². The summed E-state index contributed by atoms with van der Waals surface area (Å²) in [5.74, 6) is -0.369. The van der Waals surface area contributed by atoms with E-state index >= 15 is 0 Å². The molecule has 0 bridgehead atoms. The third-order valence-electron chi connectivity index (χ3n) is 5.56. The first kappa shape index (κ1) is 30.7. The Morgan fingerprint density at radius 3 is 1.92 bits per heavy atom. The molecule has 1 aromatic carbocycles. The number of aromatic nitrogens is 1. The highest BCUT2D eigenvalue weighted by Crippen LogP contribution is 2.26. The molecule has 0 fully saturated rings. The van der Waals surface area contributed by atoms with E-state index < -0.39 is 29.6 Å². The van der Waals surface area contributed by atoms with Gasteiger partial charge in [0, 0.05) is 35.4 Å². The van der Waals surface area contributed by atoms with E-state index in [9.17, 15) is 29.4 Å². The lowest BCUT2D eigenvalue weighted by Crippen LogP contribution is -2.68. The van der Waals surface area contributed by atoms with Crippen molar-refractivity contribution in [3.63, 3.8) is 0 Å². The Balaban J connectivity index is 2.08. The number of carboxylic acid groups (broad SMARTS) is 2. The SMILES string of the molecule is CC(=O)Nc1nc(-c2ccc(CCC(=O)CNC(N(C(=O)O)C(C)(C)C)N(C(=O)O)C(C)(C)C)cc2)cs1. The molecular formula is C26H37N5O6S. The van der Waals surface area contributed by atoms with Crippen LogP contribution in [0.25, 0.3) is 11.3 Å². The molecule has 4 N–H and O–H groups in total. The van der Waals surface area contributed by atoms with Gasteiger partial charge in [-0.25, -0.2) is 14.6 Å². The van der Waals surface area contributed by atoms with Gasteiger partial charge in [0.05, 0.1) is 12.2 Å². The first-order valence-electron chi connectivity index (χ1n) is 12.1. The summed E-state index contributed by atoms with van der Waals surface area (Å²) >= 11 is 1.33. The standard InChI is InChI=1S/C26H37N5O6S/c1-16(32)28-21-29-20(15-38-21)18-11-8-17(9-12-18)10-13-19(33)14-27-22(30(23(34)35)25(2,3)4)31(24(36)37)26(5,6)7/h8-9,11-12,15,22,27H,10,13-14H2,1-7H3,(H,34,35)(H,36,37)(H,28,29,32). The summed E-state index contributed by atoms with van der Waals surface area (Å²) in [6.45, 7) is 11.2. The largest absolute Gasteiger partial charge is 0.465 e. The second kappa shape index (κ2) is 12.4. The molecule has 0 radical (unpaired) electrons. The van der Waals surface area contributed by atoms with Crippen molar-refractivity contribution in [1.82, 2.24) is 20.1 Å². The number of nitrogens with zero attached hydrogens (tertiary/aromatic N) is 3. The third-order valence-corrected chi connectivity index (χ3v) is 6.32. The lowest BCUT2D eigenvalue weighted by atomic mass is 10.0. The van der Waals surface area contributed by atoms with E-state index in [1.165, 1.54) is 18.3 Å². The van der Waals surface area contributed by atoms with Crippen LogP contribution in [-0.2, 0) is 16.0 Å². The lowest BCUT2D eigenvalue weighted by molar-refractivity contribution is -0.120. The van der Waals surface area contributed by atoms with Crippen molar-refractivity contribution >= 4 is 40.3 Å². The van der Waals surface area contributed by atoms with Crippen LogP contribution in [0, 0.1) is 0 Å². The van der Waals surface area contributed by atoms with Gasteiger partial charge < -0.3 is 15.5 Å². The number of nitrogens with one attached hydrogen (secondary N) is 2. The molecule has 0 atom stereocenters. The minimum atomic E-state index is -1.30. The highest BCUT2D eigenvalue weighted by molar-refractivity contribution is 7.14. The van der Waals surface area contributed by atoms with Crippen LogP contribution in [0.5, 0.6) is 0 Å². The molecule has 0 saturated heterocycles. The van der Waals surface area contributed by atoms with Crippen molar-refractivity contribution in [3.05, 3.63) is 35.2 Å². The van der Waals surface area contributed by atoms with Crippen molar-refractivity contribution in [2.75, 3.05) is 11.9 Å². The summed E-state index contributed by atoms with van der Waals surface area (Å²) in [4.78, 5) is 54.6. The molecule has 0 spiro atoms. The minimum absolute atomic E-state index is 0.183. The van der Waals surface area contributed by atoms with Crippen LogP contribution in [0.4, 0.5) is 14.7 Å². The fourth-order valence-corrected chi connectivity index (χ4v) is 4.61. The fraction of sp³-hybridized carbons (Fsp3) is 0.500. The van der Waals surface area contributed by atoms with Crippen LogP contribution >= 0.6 is 11.3 Å². The third kappa shape index (κ3) is 8.52. The average Bonchev–Trinajstić information content (AvgIpc) is 3.21. The zero-order valence-corrected chi connectivity index (χ0v) is 23.7. The Labute approximate surface area is 226 Å². The molecule has 12 heteroatoms. The predicted molar refractivity (Wildman–Crippen MR) is 146 cm³/mol. The van der Waals surface area contributed by atoms with E-state index in [4.69, 9.17) is 0 Å². The van der Waals surface area contributed by atoms with E-state index in [-0.39, 0.29) is 24.7 Å². The number of thiazole rings is 1. The van der Waals surface area contributed by atoms with Gasteiger partial charge in [0.2, 0.25) is 5.91 Å². The van der Waals surface area contributed by atoms with E-state index in [0.29, 0.717) is 11.6 Å². The molecule has 2 rings (SSSR count). The van der Waals surface area contributed by atoms with E-state index in [2.05, 4.69) is 15.6 Å². The van der Waals surface area contributed by atoms with Gasteiger partial charge in [-0.1, -0.05) is 24.3 Å². The molecule has 0 unspecified atom stereocenters. The highest BCUT2D eigenvalue weighted by Gasteiger charge is 2.43. The zero-order valence-electron chi connectivity index (χ0n) is 22.9. The lowest BCUT2D eigenvalue weighted by Gasteiger charge is -2.48. The number of carbonyl (C=O) groups is 4. The maximum absolute atomic E-state index is 12.7. The predicted octanol–water partition coefficient (Wildman–Crippen LogP) is 4.70. The van der Waals surface area contributed by atoms with Gasteiger partial charge in [-0.3, -0.25) is 24.7 Å². The van der Waals surface area contributed by atoms with Gasteiger partial charge in [-0.15, -0.1) is 11.3 Å². The maximum atomic E-state index is 12.7. The summed E-state index contributed by atoms with van der Waals surface area (Å²) in [5, 5.41) is 27.7. The molecule has 0 aliphatic rings. The normalized spacial score (nSPS) is 11.8. The quantitative estimate of drug-likeness (QED) is 0.312. The van der Waals surface area contributed by atoms with Gasteiger partial charge in [-0.05, 0) is 53.5 Å². The van der Waals surface area contributed by atoms with Crippen LogP contribution in [0.1, 0.15) is 60.5 Å². The summed E-state index contributed by atoms with van der Waals surface area (Å²) in [5.41, 5.74) is 0.672. The van der Waals surface area contributed by atoms with Crippen LogP contribution < -0.4 is 10.6 Å². The summed E-state index contributed by atoms with van der Waals surface area (Å²) in [6.07, 6.45) is -3.23. The number of Topliss-reactive ketones (excluding diaryl/α,β-unsaturated/α-hetero) is 1. The van der Waals surface area contributed by atoms with Gasteiger partial charge >= 0.3 is 12.2 Å². The molecule has 0 aliphatic heterocycles. The molecule has 38 heavy (non-hydrogen) atoms. The van der Waals surface area contributed by atoms with Crippen LogP contribution in [0.15, 0.2) is 29.6 Å². The molecule has 11 nitrogen and oxygen atoms in total. The Morgan fingerprint density at radius 2 is 1.47 bits per heavy atom. The number of amides is 3. The summed E-state index contributed by atoms with van der Waals surface area (Å²) in [7, 11) is 0. The molecule has 3 amide bonds. The van der Waals surface area contributed by atoms with E-state index in [0.717, 1.165) is 26.6 Å². The first-order valence-corrected chi connectivity index (χ1v) is 13.0. The Morgan fingerprint density at radius 1 is 0.947 bits per heavy atom. The molecule has 2 aromatic rings. The number of rotatable bonds is 10. The Bertz CT molecular complexity index is 1120. The smallest absolute Gasteiger partial charge is 0.410 e. The van der Waals surface area contributed by atoms with Crippen molar-refractivity contribution in [2.24, 2.45) is 0 Å². The number of ketones is 1. The summed E-state index contributed by atoms with van der Waals surface area (Å²) < 4.78 is 0. The molecule has 1 aromatic heterocycles. The molecule has 208 valence electrons. The monoisotopic (exact) mass is 547 g/mol. The van der Waals surface area contributed by atoms with Crippen LogP contribution in [-0.4, -0.2) is 72.8 Å². The number of carbonyl (C=O) groups excluding carboxylic acids is 2. The Hall–Kier alpha value is -3.51. The number of aryl methyl sites for hydroxylation is 1. The fourth-order valence-electron chi connectivity index (χ4n) is 3.85. The molecule has 0 aliphatic carbocycles. The number of hydrogen-bond donors (Lipinski definition) is 4. The van der Waals surface area contributed by atoms with Gasteiger partial charge in [-0.2, -0.15) is 0 Å². The van der Waals surface area contributed by atoms with Gasteiger partial charge in [0.25, 0.3) is 0 Å². The minimum Gasteiger partial charge on any atom is -0.465 e. The van der Waals surface area contributed by atoms with Crippen LogP contribution in [0.2, 0.25) is 0 Å². The average molecular weight is 548 g/mol. The van der Waals surface area contributed by atoms with Gasteiger partial charge in [0.15, 0.2) is 11.4 Å². The zero-order chi connectivity index (χ0) is 28.8.